The Morgan fingerprint density at radius 2 is 2.22 bits per heavy atom. The molecule has 3 rings (SSSR count). The summed E-state index contributed by atoms with van der Waals surface area (Å²) in [6, 6.07) is 7.82. The highest BCUT2D eigenvalue weighted by Gasteiger charge is 2.67. The van der Waals surface area contributed by atoms with Crippen LogP contribution in [0.5, 0.6) is 5.75 Å². The van der Waals surface area contributed by atoms with Crippen LogP contribution in [-0.2, 0) is 10.2 Å². The number of carbonyl (C=O) groups excluding carboxylic acids is 1. The maximum absolute atomic E-state index is 12.7. The number of rotatable bonds is 7. The Balaban J connectivity index is 1.48. The molecule has 1 fully saturated rings. The fraction of sp³-hybridized carbons (Fsp3) is 0.444. The van der Waals surface area contributed by atoms with E-state index in [1.807, 2.05) is 23.6 Å². The Bertz CT molecular complexity index is 655. The summed E-state index contributed by atoms with van der Waals surface area (Å²) >= 11 is 1.67. The van der Waals surface area contributed by atoms with Crippen molar-refractivity contribution < 1.29 is 9.53 Å². The van der Waals surface area contributed by atoms with Gasteiger partial charge in [-0.3, -0.25) is 9.78 Å². The van der Waals surface area contributed by atoms with Gasteiger partial charge in [0.2, 0.25) is 5.91 Å². The molecule has 0 saturated heterocycles. The largest absolute Gasteiger partial charge is 0.492 e. The van der Waals surface area contributed by atoms with Crippen molar-refractivity contribution in [1.29, 1.82) is 0 Å². The predicted molar refractivity (Wildman–Crippen MR) is 91.8 cm³/mol. The van der Waals surface area contributed by atoms with Crippen LogP contribution in [0.3, 0.4) is 0 Å². The number of pyridine rings is 1. The molecule has 0 bridgehead atoms. The zero-order valence-electron chi connectivity index (χ0n) is 13.5. The van der Waals surface area contributed by atoms with Crippen LogP contribution in [-0.4, -0.2) is 24.0 Å². The Morgan fingerprint density at radius 1 is 1.39 bits per heavy atom. The second-order valence-corrected chi connectivity index (χ2v) is 7.54. The third-order valence-electron chi connectivity index (χ3n) is 4.58. The molecule has 2 aromatic rings. The molecular formula is C18H22N2O2S. The molecule has 1 aliphatic carbocycles. The molecule has 0 radical (unpaired) electrons. The molecule has 1 atom stereocenters. The van der Waals surface area contributed by atoms with Crippen molar-refractivity contribution in [2.45, 2.75) is 32.1 Å². The molecule has 0 aliphatic heterocycles. The zero-order valence-corrected chi connectivity index (χ0v) is 14.4. The van der Waals surface area contributed by atoms with E-state index < -0.39 is 0 Å². The number of amides is 1. The van der Waals surface area contributed by atoms with Crippen LogP contribution in [0.1, 0.15) is 31.6 Å². The van der Waals surface area contributed by atoms with Gasteiger partial charge in [0, 0.05) is 17.6 Å². The van der Waals surface area contributed by atoms with Crippen molar-refractivity contribution in [2.24, 2.45) is 5.41 Å². The summed E-state index contributed by atoms with van der Waals surface area (Å²) in [6.07, 6.45) is 5.10. The molecule has 4 nitrogen and oxygen atoms in total. The average Bonchev–Trinajstić information content (AvgIpc) is 2.92. The number of hydrogen-bond acceptors (Lipinski definition) is 4. The highest BCUT2D eigenvalue weighted by molar-refractivity contribution is 7.10. The van der Waals surface area contributed by atoms with Gasteiger partial charge in [-0.15, -0.1) is 11.3 Å². The molecule has 0 spiro atoms. The smallest absolute Gasteiger partial charge is 0.232 e. The van der Waals surface area contributed by atoms with E-state index in [9.17, 15) is 4.79 Å². The van der Waals surface area contributed by atoms with Crippen LogP contribution < -0.4 is 10.1 Å². The number of hydrogen-bond donors (Lipinski definition) is 1. The van der Waals surface area contributed by atoms with E-state index in [1.165, 1.54) is 4.88 Å². The van der Waals surface area contributed by atoms with E-state index >= 15 is 0 Å². The van der Waals surface area contributed by atoms with Crippen LogP contribution in [0.15, 0.2) is 42.0 Å². The first-order valence-corrected chi connectivity index (χ1v) is 8.79. The molecule has 1 amide bonds. The number of aromatic nitrogens is 1. The van der Waals surface area contributed by atoms with Gasteiger partial charge >= 0.3 is 0 Å². The maximum Gasteiger partial charge on any atom is 0.232 e. The minimum atomic E-state index is -0.342. The third kappa shape index (κ3) is 3.11. The fourth-order valence-corrected chi connectivity index (χ4v) is 4.21. The first kappa shape index (κ1) is 16.0. The van der Waals surface area contributed by atoms with Crippen molar-refractivity contribution in [1.82, 2.24) is 10.3 Å². The van der Waals surface area contributed by atoms with Crippen molar-refractivity contribution >= 4 is 17.2 Å². The SMILES string of the molecule is CC1(C)C[C@@]1(C(=O)NCCCOc1cccnc1)c1cccs1. The average molecular weight is 330 g/mol. The van der Waals surface area contributed by atoms with Crippen molar-refractivity contribution in [3.05, 3.63) is 46.9 Å². The molecule has 2 heterocycles. The van der Waals surface area contributed by atoms with E-state index in [0.29, 0.717) is 13.2 Å². The summed E-state index contributed by atoms with van der Waals surface area (Å²) in [5, 5.41) is 5.13. The Labute approximate surface area is 140 Å². The lowest BCUT2D eigenvalue weighted by molar-refractivity contribution is -0.124. The topological polar surface area (TPSA) is 51.2 Å². The molecule has 5 heteroatoms. The summed E-state index contributed by atoms with van der Waals surface area (Å²) in [4.78, 5) is 17.9. The van der Waals surface area contributed by atoms with Crippen LogP contribution in [0, 0.1) is 5.41 Å². The van der Waals surface area contributed by atoms with E-state index in [4.69, 9.17) is 4.74 Å². The molecule has 122 valence electrons. The van der Waals surface area contributed by atoms with Crippen LogP contribution >= 0.6 is 11.3 Å². The molecule has 2 aromatic heterocycles. The van der Waals surface area contributed by atoms with E-state index in [2.05, 4.69) is 30.2 Å². The predicted octanol–water partition coefficient (Wildman–Crippen LogP) is 3.40. The van der Waals surface area contributed by atoms with Gasteiger partial charge in [0.1, 0.15) is 5.75 Å². The van der Waals surface area contributed by atoms with Crippen molar-refractivity contribution in [3.8, 4) is 5.75 Å². The number of nitrogens with one attached hydrogen (secondary N) is 1. The third-order valence-corrected chi connectivity index (χ3v) is 5.61. The molecule has 0 unspecified atom stereocenters. The molecule has 0 aromatic carbocycles. The Kier molecular flexibility index (Phi) is 4.39. The summed E-state index contributed by atoms with van der Waals surface area (Å²) in [5.74, 6) is 0.906. The minimum absolute atomic E-state index is 0.0359. The second kappa shape index (κ2) is 6.32. The standard InChI is InChI=1S/C18H22N2O2S/c1-17(2)13-18(17,15-7-4-11-23-15)16(21)20-9-5-10-22-14-6-3-8-19-12-14/h3-4,6-8,11-12H,5,9-10,13H2,1-2H3,(H,20,21)/t18-/m0/s1. The fourth-order valence-electron chi connectivity index (χ4n) is 3.11. The zero-order chi connectivity index (χ0) is 16.3. The molecular weight excluding hydrogens is 308 g/mol. The molecule has 1 aliphatic rings. The number of carbonyl (C=O) groups is 1. The van der Waals surface area contributed by atoms with Gasteiger partial charge in [0.15, 0.2) is 0 Å². The van der Waals surface area contributed by atoms with Crippen LogP contribution in [0.25, 0.3) is 0 Å². The summed E-state index contributed by atoms with van der Waals surface area (Å²) in [7, 11) is 0. The van der Waals surface area contributed by atoms with Gasteiger partial charge in [-0.1, -0.05) is 19.9 Å². The highest BCUT2D eigenvalue weighted by atomic mass is 32.1. The minimum Gasteiger partial charge on any atom is -0.492 e. The monoisotopic (exact) mass is 330 g/mol. The van der Waals surface area contributed by atoms with E-state index in [1.54, 1.807) is 23.7 Å². The van der Waals surface area contributed by atoms with Crippen LogP contribution in [0.4, 0.5) is 0 Å². The van der Waals surface area contributed by atoms with Crippen LogP contribution in [0.2, 0.25) is 0 Å². The van der Waals surface area contributed by atoms with Gasteiger partial charge in [0.25, 0.3) is 0 Å². The Morgan fingerprint density at radius 3 is 2.83 bits per heavy atom. The molecule has 1 saturated carbocycles. The number of ether oxygens (including phenoxy) is 1. The van der Waals surface area contributed by atoms with E-state index in [-0.39, 0.29) is 16.7 Å². The normalized spacial score (nSPS) is 21.7. The van der Waals surface area contributed by atoms with Crippen molar-refractivity contribution in [3.63, 3.8) is 0 Å². The lowest BCUT2D eigenvalue weighted by Gasteiger charge is -2.19. The summed E-state index contributed by atoms with van der Waals surface area (Å²) in [5.41, 5.74) is -0.306. The Hall–Kier alpha value is -1.88. The lowest BCUT2D eigenvalue weighted by Crippen LogP contribution is -2.38. The quantitative estimate of drug-likeness (QED) is 0.792. The first-order valence-electron chi connectivity index (χ1n) is 7.91. The van der Waals surface area contributed by atoms with Crippen molar-refractivity contribution in [2.75, 3.05) is 13.2 Å². The highest BCUT2D eigenvalue weighted by Crippen LogP contribution is 2.65. The van der Waals surface area contributed by atoms with Gasteiger partial charge in [0.05, 0.1) is 18.2 Å². The number of nitrogens with zero attached hydrogens (tertiary/aromatic N) is 1. The van der Waals surface area contributed by atoms with E-state index in [0.717, 1.165) is 18.6 Å². The molecule has 23 heavy (non-hydrogen) atoms. The molecule has 1 N–H and O–H groups in total. The maximum atomic E-state index is 12.7. The van der Waals surface area contributed by atoms with Gasteiger partial charge < -0.3 is 10.1 Å². The first-order chi connectivity index (χ1) is 11.1. The summed E-state index contributed by atoms with van der Waals surface area (Å²) in [6.45, 7) is 5.53. The lowest BCUT2D eigenvalue weighted by atomic mass is 9.93. The second-order valence-electron chi connectivity index (χ2n) is 6.59. The summed E-state index contributed by atoms with van der Waals surface area (Å²) < 4.78 is 5.59. The van der Waals surface area contributed by atoms with Gasteiger partial charge in [-0.2, -0.15) is 0 Å². The van der Waals surface area contributed by atoms with Gasteiger partial charge in [-0.05, 0) is 41.8 Å². The number of thiophene rings is 1. The van der Waals surface area contributed by atoms with Gasteiger partial charge in [-0.25, -0.2) is 0 Å².